The zero-order valence-corrected chi connectivity index (χ0v) is 22.3. The highest BCUT2D eigenvalue weighted by Gasteiger charge is 2.12. The lowest BCUT2D eigenvalue weighted by Crippen LogP contribution is -2.29. The van der Waals surface area contributed by atoms with Crippen LogP contribution >= 0.6 is 0 Å². The minimum absolute atomic E-state index is 0.172. The summed E-state index contributed by atoms with van der Waals surface area (Å²) in [7, 11) is 0. The highest BCUT2D eigenvalue weighted by molar-refractivity contribution is 5.64. The number of nitrogens with two attached hydrogens (primary N) is 1. The first-order chi connectivity index (χ1) is 16.2. The van der Waals surface area contributed by atoms with Crippen molar-refractivity contribution in [2.24, 2.45) is 5.73 Å². The van der Waals surface area contributed by atoms with Gasteiger partial charge in [-0.25, -0.2) is 4.79 Å². The van der Waals surface area contributed by atoms with Gasteiger partial charge in [-0.15, -0.1) is 0 Å². The average Bonchev–Trinajstić information content (AvgIpc) is 2.81. The van der Waals surface area contributed by atoms with Crippen LogP contribution in [0.3, 0.4) is 0 Å². The summed E-state index contributed by atoms with van der Waals surface area (Å²) in [4.78, 5) is 10.9. The van der Waals surface area contributed by atoms with Crippen molar-refractivity contribution in [1.29, 1.82) is 0 Å². The van der Waals surface area contributed by atoms with Gasteiger partial charge in [-0.2, -0.15) is 0 Å². The zero-order valence-electron chi connectivity index (χ0n) is 22.3. The summed E-state index contributed by atoms with van der Waals surface area (Å²) in [6, 6.07) is 0. The Hall–Kier alpha value is -0.810. The van der Waals surface area contributed by atoms with Gasteiger partial charge in [0.15, 0.2) is 0 Å². The van der Waals surface area contributed by atoms with E-state index >= 15 is 0 Å². The summed E-state index contributed by atoms with van der Waals surface area (Å²) in [5.41, 5.74) is 5.11. The molecular formula is C28H57NO4. The highest BCUT2D eigenvalue weighted by atomic mass is 16.6. The molecule has 0 aliphatic carbocycles. The van der Waals surface area contributed by atoms with Crippen LogP contribution in [0.2, 0.25) is 0 Å². The quantitative estimate of drug-likeness (QED) is 0.122. The average molecular weight is 472 g/mol. The van der Waals surface area contributed by atoms with E-state index < -0.39 is 6.09 Å². The first kappa shape index (κ1) is 32.2. The monoisotopic (exact) mass is 471 g/mol. The van der Waals surface area contributed by atoms with Gasteiger partial charge in [-0.3, -0.25) is 0 Å². The molecule has 0 rings (SSSR count). The first-order valence-electron chi connectivity index (χ1n) is 14.3. The van der Waals surface area contributed by atoms with Crippen LogP contribution in [0.1, 0.15) is 142 Å². The fourth-order valence-corrected chi connectivity index (χ4v) is 4.07. The van der Waals surface area contributed by atoms with Crippen molar-refractivity contribution in [1.82, 2.24) is 0 Å². The van der Waals surface area contributed by atoms with E-state index in [0.717, 1.165) is 19.4 Å². The lowest BCUT2D eigenvalue weighted by molar-refractivity contribution is -0.0459. The Morgan fingerprint density at radius 2 is 0.970 bits per heavy atom. The molecule has 5 nitrogen and oxygen atoms in total. The Labute approximate surface area is 205 Å². The van der Waals surface area contributed by atoms with Crippen LogP contribution in [0.4, 0.5) is 4.79 Å². The van der Waals surface area contributed by atoms with Crippen molar-refractivity contribution in [2.45, 2.75) is 148 Å². The SMILES string of the molecule is CCCCCCCCCCCCOCC(COC(N)=O)OCCCCCCCCCCCC. The maximum Gasteiger partial charge on any atom is 0.404 e. The molecule has 33 heavy (non-hydrogen) atoms. The fraction of sp³-hybridized carbons (Fsp3) is 0.964. The standard InChI is InChI=1S/C28H57NO4/c1-3-5-7-9-11-13-15-17-19-21-23-31-25-27(26-33-28(29)30)32-24-22-20-18-16-14-12-10-8-6-4-2/h27H,3-26H2,1-2H3,(H2,29,30). The maximum atomic E-state index is 10.9. The van der Waals surface area contributed by atoms with E-state index in [9.17, 15) is 4.79 Å². The van der Waals surface area contributed by atoms with Crippen molar-refractivity contribution >= 4 is 6.09 Å². The molecule has 0 spiro atoms. The van der Waals surface area contributed by atoms with Crippen molar-refractivity contribution in [2.75, 3.05) is 26.4 Å². The van der Waals surface area contributed by atoms with Gasteiger partial charge in [-0.05, 0) is 12.8 Å². The number of rotatable bonds is 27. The Morgan fingerprint density at radius 1 is 0.576 bits per heavy atom. The molecule has 0 aliphatic rings. The predicted molar refractivity (Wildman–Crippen MR) is 140 cm³/mol. The molecule has 0 aliphatic heterocycles. The molecule has 1 unspecified atom stereocenters. The third-order valence-corrected chi connectivity index (χ3v) is 6.21. The molecule has 1 atom stereocenters. The Morgan fingerprint density at radius 3 is 1.39 bits per heavy atom. The van der Waals surface area contributed by atoms with E-state index in [4.69, 9.17) is 19.9 Å². The van der Waals surface area contributed by atoms with Crippen LogP contribution in [0.25, 0.3) is 0 Å². The van der Waals surface area contributed by atoms with E-state index in [-0.39, 0.29) is 12.7 Å². The minimum Gasteiger partial charge on any atom is -0.447 e. The number of primary amides is 1. The normalized spacial score (nSPS) is 12.2. The van der Waals surface area contributed by atoms with Gasteiger partial charge in [0.1, 0.15) is 12.7 Å². The minimum atomic E-state index is -0.753. The third kappa shape index (κ3) is 27.3. The molecule has 0 aromatic carbocycles. The summed E-state index contributed by atoms with van der Waals surface area (Å²) in [5, 5.41) is 0. The lowest BCUT2D eigenvalue weighted by Gasteiger charge is -2.17. The molecule has 0 saturated carbocycles. The second-order valence-electron chi connectivity index (χ2n) is 9.56. The lowest BCUT2D eigenvalue weighted by atomic mass is 10.1. The van der Waals surface area contributed by atoms with E-state index in [2.05, 4.69) is 13.8 Å². The first-order valence-corrected chi connectivity index (χ1v) is 14.3. The van der Waals surface area contributed by atoms with E-state index in [1.165, 1.54) is 116 Å². The van der Waals surface area contributed by atoms with Gasteiger partial charge in [0.2, 0.25) is 0 Å². The molecule has 0 fully saturated rings. The molecule has 0 aromatic rings. The molecule has 0 saturated heterocycles. The summed E-state index contributed by atoms with van der Waals surface area (Å²) < 4.78 is 16.6. The van der Waals surface area contributed by atoms with Crippen molar-refractivity contribution < 1.29 is 19.0 Å². The zero-order chi connectivity index (χ0) is 24.2. The van der Waals surface area contributed by atoms with E-state index in [1.54, 1.807) is 0 Å². The predicted octanol–water partition coefficient (Wildman–Crippen LogP) is 8.33. The Bertz CT molecular complexity index is 392. The van der Waals surface area contributed by atoms with Crippen LogP contribution in [0.15, 0.2) is 0 Å². The highest BCUT2D eigenvalue weighted by Crippen LogP contribution is 2.12. The fourth-order valence-electron chi connectivity index (χ4n) is 4.07. The number of carbonyl (C=O) groups is 1. The number of ether oxygens (including phenoxy) is 3. The van der Waals surface area contributed by atoms with Gasteiger partial charge in [-0.1, -0.05) is 129 Å². The van der Waals surface area contributed by atoms with E-state index in [1.807, 2.05) is 0 Å². The molecule has 5 heteroatoms. The van der Waals surface area contributed by atoms with Crippen LogP contribution < -0.4 is 5.73 Å². The Kier molecular flexibility index (Phi) is 26.8. The molecule has 0 heterocycles. The molecule has 198 valence electrons. The van der Waals surface area contributed by atoms with Gasteiger partial charge in [0.25, 0.3) is 0 Å². The van der Waals surface area contributed by atoms with Gasteiger partial charge in [0.05, 0.1) is 6.61 Å². The van der Waals surface area contributed by atoms with Crippen molar-refractivity contribution in [3.63, 3.8) is 0 Å². The topological polar surface area (TPSA) is 70.8 Å². The number of amides is 1. The Balaban J connectivity index is 3.62. The summed E-state index contributed by atoms with van der Waals surface area (Å²) >= 11 is 0. The van der Waals surface area contributed by atoms with Crippen molar-refractivity contribution in [3.05, 3.63) is 0 Å². The van der Waals surface area contributed by atoms with Gasteiger partial charge >= 0.3 is 6.09 Å². The van der Waals surface area contributed by atoms with Gasteiger partial charge < -0.3 is 19.9 Å². The van der Waals surface area contributed by atoms with Crippen LogP contribution in [0.5, 0.6) is 0 Å². The van der Waals surface area contributed by atoms with Crippen LogP contribution in [-0.4, -0.2) is 38.6 Å². The van der Waals surface area contributed by atoms with Crippen LogP contribution in [0, 0.1) is 0 Å². The number of hydrogen-bond acceptors (Lipinski definition) is 4. The summed E-state index contributed by atoms with van der Waals surface area (Å²) in [5.74, 6) is 0. The van der Waals surface area contributed by atoms with Crippen molar-refractivity contribution in [3.8, 4) is 0 Å². The van der Waals surface area contributed by atoms with E-state index in [0.29, 0.717) is 13.2 Å². The van der Waals surface area contributed by atoms with Crippen LogP contribution in [-0.2, 0) is 14.2 Å². The maximum absolute atomic E-state index is 10.9. The largest absolute Gasteiger partial charge is 0.447 e. The number of carbonyl (C=O) groups excluding carboxylic acids is 1. The molecule has 0 aromatic heterocycles. The second kappa shape index (κ2) is 27.4. The molecular weight excluding hydrogens is 414 g/mol. The summed E-state index contributed by atoms with van der Waals surface area (Å²) in [6.45, 7) is 6.58. The van der Waals surface area contributed by atoms with Gasteiger partial charge in [0, 0.05) is 13.2 Å². The smallest absolute Gasteiger partial charge is 0.404 e. The molecule has 1 amide bonds. The molecule has 2 N–H and O–H groups in total. The number of unbranched alkanes of at least 4 members (excludes halogenated alkanes) is 18. The molecule has 0 radical (unpaired) electrons. The molecule has 0 bridgehead atoms. The number of hydrogen-bond donors (Lipinski definition) is 1. The third-order valence-electron chi connectivity index (χ3n) is 6.21. The summed E-state index contributed by atoms with van der Waals surface area (Å²) in [6.07, 6.45) is 25.2. The second-order valence-corrected chi connectivity index (χ2v) is 9.56.